The van der Waals surface area contributed by atoms with Crippen molar-refractivity contribution in [1.82, 2.24) is 15.4 Å². The number of amides is 1. The van der Waals surface area contributed by atoms with Crippen molar-refractivity contribution >= 4 is 12.0 Å². The average molecular weight is 415 g/mol. The van der Waals surface area contributed by atoms with E-state index in [0.29, 0.717) is 24.7 Å². The smallest absolute Gasteiger partial charge is 0.244 e. The lowest BCUT2D eigenvalue weighted by atomic mass is 10.2. The number of aryl methyl sites for hydroxylation is 2. The van der Waals surface area contributed by atoms with Gasteiger partial charge in [-0.25, -0.2) is 0 Å². The Hall–Kier alpha value is -2.84. The molecule has 1 aliphatic heterocycles. The molecule has 0 radical (unpaired) electrons. The van der Waals surface area contributed by atoms with E-state index in [0.717, 1.165) is 55.4 Å². The van der Waals surface area contributed by atoms with Crippen LogP contribution in [0, 0.1) is 13.8 Å². The number of ether oxygens (including phenoxy) is 3. The van der Waals surface area contributed by atoms with Crippen LogP contribution in [0.4, 0.5) is 0 Å². The number of aromatic nitrogens is 1. The monoisotopic (exact) mass is 415 g/mol. The van der Waals surface area contributed by atoms with Gasteiger partial charge in [-0.15, -0.1) is 0 Å². The Labute approximate surface area is 176 Å². The molecule has 1 aromatic carbocycles. The molecule has 8 heteroatoms. The van der Waals surface area contributed by atoms with Crippen molar-refractivity contribution in [2.75, 3.05) is 46.5 Å². The summed E-state index contributed by atoms with van der Waals surface area (Å²) in [5.41, 5.74) is 2.58. The molecule has 8 nitrogen and oxygen atoms in total. The fraction of sp³-hybridized carbons (Fsp3) is 0.455. The van der Waals surface area contributed by atoms with E-state index >= 15 is 0 Å². The number of hydrogen-bond donors (Lipinski definition) is 1. The lowest BCUT2D eigenvalue weighted by Gasteiger charge is -2.26. The van der Waals surface area contributed by atoms with Crippen molar-refractivity contribution in [2.45, 2.75) is 20.5 Å². The fourth-order valence-corrected chi connectivity index (χ4v) is 3.16. The van der Waals surface area contributed by atoms with E-state index < -0.39 is 0 Å². The Morgan fingerprint density at radius 3 is 2.77 bits per heavy atom. The van der Waals surface area contributed by atoms with Crippen molar-refractivity contribution in [2.24, 2.45) is 0 Å². The molecule has 1 N–H and O–H groups in total. The van der Waals surface area contributed by atoms with Gasteiger partial charge in [-0.1, -0.05) is 11.2 Å². The van der Waals surface area contributed by atoms with E-state index in [-0.39, 0.29) is 5.91 Å². The normalized spacial score (nSPS) is 14.8. The number of nitrogens with zero attached hydrogens (tertiary/aromatic N) is 2. The Balaban J connectivity index is 1.51. The maximum atomic E-state index is 12.1. The lowest BCUT2D eigenvalue weighted by Crippen LogP contribution is -2.41. The Morgan fingerprint density at radius 1 is 1.27 bits per heavy atom. The molecule has 0 aliphatic carbocycles. The zero-order valence-corrected chi connectivity index (χ0v) is 17.8. The lowest BCUT2D eigenvalue weighted by molar-refractivity contribution is -0.116. The Bertz CT molecular complexity index is 852. The van der Waals surface area contributed by atoms with Gasteiger partial charge in [-0.05, 0) is 37.6 Å². The largest absolute Gasteiger partial charge is 0.493 e. The number of benzene rings is 1. The van der Waals surface area contributed by atoms with Gasteiger partial charge in [0, 0.05) is 32.3 Å². The zero-order valence-electron chi connectivity index (χ0n) is 17.8. The highest BCUT2D eigenvalue weighted by Gasteiger charge is 2.12. The summed E-state index contributed by atoms with van der Waals surface area (Å²) in [6.07, 6.45) is 3.28. The second-order valence-electron chi connectivity index (χ2n) is 7.08. The average Bonchev–Trinajstić information content (AvgIpc) is 3.09. The second kappa shape index (κ2) is 10.8. The molecule has 30 heavy (non-hydrogen) atoms. The van der Waals surface area contributed by atoms with Crippen LogP contribution in [0.25, 0.3) is 6.08 Å². The summed E-state index contributed by atoms with van der Waals surface area (Å²) in [6.45, 7) is 8.86. The summed E-state index contributed by atoms with van der Waals surface area (Å²) in [5, 5.41) is 6.84. The van der Waals surface area contributed by atoms with Gasteiger partial charge < -0.3 is 24.1 Å². The van der Waals surface area contributed by atoms with E-state index in [4.69, 9.17) is 18.7 Å². The number of methoxy groups -OCH3 is 1. The van der Waals surface area contributed by atoms with Crippen molar-refractivity contribution < 1.29 is 23.5 Å². The van der Waals surface area contributed by atoms with Crippen molar-refractivity contribution in [3.05, 3.63) is 46.9 Å². The summed E-state index contributed by atoms with van der Waals surface area (Å²) in [7, 11) is 1.59. The predicted molar refractivity (Wildman–Crippen MR) is 113 cm³/mol. The fourth-order valence-electron chi connectivity index (χ4n) is 3.16. The highest BCUT2D eigenvalue weighted by atomic mass is 16.5. The van der Waals surface area contributed by atoms with E-state index in [1.807, 2.05) is 32.0 Å². The van der Waals surface area contributed by atoms with Crippen LogP contribution in [0.5, 0.6) is 11.5 Å². The molecule has 0 saturated carbocycles. The van der Waals surface area contributed by atoms with Crippen LogP contribution in [0.2, 0.25) is 0 Å². The molecular weight excluding hydrogens is 386 g/mol. The molecule has 1 saturated heterocycles. The van der Waals surface area contributed by atoms with Crippen LogP contribution in [-0.4, -0.2) is 62.5 Å². The Kier molecular flexibility index (Phi) is 7.87. The van der Waals surface area contributed by atoms with Crippen LogP contribution in [0.15, 0.2) is 28.8 Å². The van der Waals surface area contributed by atoms with Gasteiger partial charge in [0.15, 0.2) is 11.5 Å². The van der Waals surface area contributed by atoms with Gasteiger partial charge >= 0.3 is 0 Å². The van der Waals surface area contributed by atoms with Gasteiger partial charge in [0.25, 0.3) is 0 Å². The van der Waals surface area contributed by atoms with Crippen LogP contribution < -0.4 is 14.8 Å². The number of carbonyl (C=O) groups is 1. The number of carbonyl (C=O) groups excluding carboxylic acids is 1. The number of nitrogens with one attached hydrogen (secondary N) is 1. The molecule has 0 atom stereocenters. The third kappa shape index (κ3) is 6.08. The minimum atomic E-state index is -0.124. The van der Waals surface area contributed by atoms with Gasteiger partial charge in [-0.3, -0.25) is 9.69 Å². The third-order valence-electron chi connectivity index (χ3n) is 5.00. The van der Waals surface area contributed by atoms with Gasteiger partial charge in [0.05, 0.1) is 31.6 Å². The van der Waals surface area contributed by atoms with E-state index in [1.54, 1.807) is 13.2 Å². The highest BCUT2D eigenvalue weighted by Crippen LogP contribution is 2.30. The van der Waals surface area contributed by atoms with Gasteiger partial charge in [0.2, 0.25) is 5.91 Å². The maximum absolute atomic E-state index is 12.1. The molecule has 1 aromatic heterocycles. The highest BCUT2D eigenvalue weighted by molar-refractivity contribution is 5.91. The van der Waals surface area contributed by atoms with E-state index in [2.05, 4.69) is 15.4 Å². The van der Waals surface area contributed by atoms with Crippen molar-refractivity contribution in [3.63, 3.8) is 0 Å². The minimum Gasteiger partial charge on any atom is -0.493 e. The quantitative estimate of drug-likeness (QED) is 0.629. The predicted octanol–water partition coefficient (Wildman–Crippen LogP) is 2.34. The number of hydrogen-bond acceptors (Lipinski definition) is 7. The third-order valence-corrected chi connectivity index (χ3v) is 5.00. The minimum absolute atomic E-state index is 0.124. The standard InChI is InChI=1S/C22H29N3O5/c1-16-19(17(2)30-24-16)15-29-20-6-4-18(14-21(20)27-3)5-7-22(26)23-8-9-25-10-12-28-13-11-25/h4-7,14H,8-13,15H2,1-3H3,(H,23,26)/b7-5+. The molecular formula is C22H29N3O5. The van der Waals surface area contributed by atoms with Crippen LogP contribution in [0.3, 0.4) is 0 Å². The zero-order chi connectivity index (χ0) is 21.3. The van der Waals surface area contributed by atoms with E-state index in [1.165, 1.54) is 6.08 Å². The molecule has 0 unspecified atom stereocenters. The molecule has 2 aromatic rings. The Morgan fingerprint density at radius 2 is 2.07 bits per heavy atom. The molecule has 1 amide bonds. The van der Waals surface area contributed by atoms with Crippen LogP contribution >= 0.6 is 0 Å². The molecule has 1 fully saturated rings. The van der Waals surface area contributed by atoms with Gasteiger partial charge in [0.1, 0.15) is 12.4 Å². The number of morpholine rings is 1. The summed E-state index contributed by atoms with van der Waals surface area (Å²) >= 11 is 0. The molecule has 0 spiro atoms. The van der Waals surface area contributed by atoms with Crippen LogP contribution in [-0.2, 0) is 16.1 Å². The summed E-state index contributed by atoms with van der Waals surface area (Å²) in [6, 6.07) is 5.54. The summed E-state index contributed by atoms with van der Waals surface area (Å²) in [4.78, 5) is 14.3. The molecule has 0 bridgehead atoms. The SMILES string of the molecule is COc1cc(/C=C/C(=O)NCCN2CCOCC2)ccc1OCc1c(C)noc1C. The molecule has 3 rings (SSSR count). The first-order valence-corrected chi connectivity index (χ1v) is 10.1. The van der Waals surface area contributed by atoms with Crippen LogP contribution in [0.1, 0.15) is 22.6 Å². The first-order valence-electron chi connectivity index (χ1n) is 10.1. The number of rotatable bonds is 9. The first kappa shape index (κ1) is 21.9. The van der Waals surface area contributed by atoms with Gasteiger partial charge in [-0.2, -0.15) is 0 Å². The second-order valence-corrected chi connectivity index (χ2v) is 7.08. The first-order chi connectivity index (χ1) is 14.6. The van der Waals surface area contributed by atoms with Crippen molar-refractivity contribution in [1.29, 1.82) is 0 Å². The molecule has 2 heterocycles. The molecule has 1 aliphatic rings. The molecule has 162 valence electrons. The van der Waals surface area contributed by atoms with Crippen molar-refractivity contribution in [3.8, 4) is 11.5 Å². The summed E-state index contributed by atoms with van der Waals surface area (Å²) < 4.78 is 21.8. The topological polar surface area (TPSA) is 86.1 Å². The maximum Gasteiger partial charge on any atom is 0.244 e. The van der Waals surface area contributed by atoms with E-state index in [9.17, 15) is 4.79 Å². The summed E-state index contributed by atoms with van der Waals surface area (Å²) in [5.74, 6) is 1.83.